The molecular formula is C88H172O17P2. The molecule has 0 aromatic carbocycles. The Morgan fingerprint density at radius 1 is 0.271 bits per heavy atom. The summed E-state index contributed by atoms with van der Waals surface area (Å²) in [4.78, 5) is 73.2. The van der Waals surface area contributed by atoms with Crippen LogP contribution in [0.3, 0.4) is 0 Å². The van der Waals surface area contributed by atoms with Crippen molar-refractivity contribution in [3.63, 3.8) is 0 Å². The van der Waals surface area contributed by atoms with E-state index < -0.39 is 97.5 Å². The van der Waals surface area contributed by atoms with Crippen LogP contribution in [0.4, 0.5) is 0 Å². The van der Waals surface area contributed by atoms with Gasteiger partial charge in [-0.25, -0.2) is 9.13 Å². The van der Waals surface area contributed by atoms with E-state index >= 15 is 0 Å². The van der Waals surface area contributed by atoms with Crippen LogP contribution >= 0.6 is 15.6 Å². The Labute approximate surface area is 658 Å². The van der Waals surface area contributed by atoms with Crippen molar-refractivity contribution in [3.8, 4) is 0 Å². The zero-order valence-electron chi connectivity index (χ0n) is 70.5. The fourth-order valence-corrected chi connectivity index (χ4v) is 15.3. The normalized spacial score (nSPS) is 14.0. The zero-order chi connectivity index (χ0) is 78.5. The summed E-state index contributed by atoms with van der Waals surface area (Å²) in [6.07, 6.45) is 72.4. The molecule has 0 spiro atoms. The van der Waals surface area contributed by atoms with Gasteiger partial charge < -0.3 is 33.8 Å². The second-order valence-electron chi connectivity index (χ2n) is 32.4. The first-order valence-corrected chi connectivity index (χ1v) is 48.5. The van der Waals surface area contributed by atoms with Gasteiger partial charge in [0, 0.05) is 25.7 Å². The molecule has 0 amide bonds. The Morgan fingerprint density at radius 2 is 0.477 bits per heavy atom. The molecule has 0 heterocycles. The molecule has 0 aliphatic rings. The van der Waals surface area contributed by atoms with E-state index in [-0.39, 0.29) is 25.7 Å². The van der Waals surface area contributed by atoms with Crippen molar-refractivity contribution in [1.29, 1.82) is 0 Å². The van der Waals surface area contributed by atoms with Gasteiger partial charge in [0.05, 0.1) is 26.4 Å². The van der Waals surface area contributed by atoms with Gasteiger partial charge in [-0.05, 0) is 37.5 Å². The minimum atomic E-state index is -4.97. The second kappa shape index (κ2) is 79.3. The molecule has 636 valence electrons. The molecule has 0 fully saturated rings. The number of unbranched alkanes of at least 4 members (excludes halogenated alkanes) is 56. The van der Waals surface area contributed by atoms with E-state index in [1.165, 1.54) is 289 Å². The summed E-state index contributed by atoms with van der Waals surface area (Å²) in [5.74, 6) is -0.479. The first-order valence-electron chi connectivity index (χ1n) is 45.5. The third-order valence-corrected chi connectivity index (χ3v) is 23.0. The molecule has 3 unspecified atom stereocenters. The summed E-state index contributed by atoms with van der Waals surface area (Å²) >= 11 is 0. The molecule has 0 aromatic heterocycles. The van der Waals surface area contributed by atoms with E-state index in [1.807, 2.05) is 0 Å². The van der Waals surface area contributed by atoms with Gasteiger partial charge in [-0.3, -0.25) is 37.3 Å². The van der Waals surface area contributed by atoms with Gasteiger partial charge in [0.15, 0.2) is 12.2 Å². The van der Waals surface area contributed by atoms with Gasteiger partial charge in [0.2, 0.25) is 0 Å². The highest BCUT2D eigenvalue weighted by Gasteiger charge is 2.31. The molecule has 0 radical (unpaired) electrons. The van der Waals surface area contributed by atoms with Crippen LogP contribution < -0.4 is 0 Å². The predicted octanol–water partition coefficient (Wildman–Crippen LogP) is 27.0. The van der Waals surface area contributed by atoms with Crippen LogP contribution in [0.2, 0.25) is 0 Å². The Hall–Kier alpha value is -1.94. The number of phosphoric ester groups is 2. The highest BCUT2D eigenvalue weighted by Crippen LogP contribution is 2.45. The summed E-state index contributed by atoms with van der Waals surface area (Å²) in [6, 6.07) is 0. The van der Waals surface area contributed by atoms with Gasteiger partial charge in [0.25, 0.3) is 0 Å². The van der Waals surface area contributed by atoms with Crippen LogP contribution in [0.15, 0.2) is 0 Å². The van der Waals surface area contributed by atoms with E-state index in [9.17, 15) is 43.2 Å². The number of carbonyl (C=O) groups is 4. The van der Waals surface area contributed by atoms with Crippen LogP contribution in [0.25, 0.3) is 0 Å². The summed E-state index contributed by atoms with van der Waals surface area (Å²) in [7, 11) is -9.93. The van der Waals surface area contributed by atoms with Crippen molar-refractivity contribution in [1.82, 2.24) is 0 Å². The first kappa shape index (κ1) is 105. The molecule has 19 heteroatoms. The Bertz CT molecular complexity index is 2050. The first-order chi connectivity index (χ1) is 51.9. The van der Waals surface area contributed by atoms with E-state index in [2.05, 4.69) is 41.5 Å². The zero-order valence-corrected chi connectivity index (χ0v) is 72.2. The second-order valence-corrected chi connectivity index (χ2v) is 35.3. The number of hydrogen-bond donors (Lipinski definition) is 3. The molecule has 17 nitrogen and oxygen atoms in total. The molecule has 0 rings (SSSR count). The minimum Gasteiger partial charge on any atom is -0.462 e. The highest BCUT2D eigenvalue weighted by atomic mass is 31.2. The summed E-state index contributed by atoms with van der Waals surface area (Å²) in [5.41, 5.74) is 0. The monoisotopic (exact) mass is 1560 g/mol. The highest BCUT2D eigenvalue weighted by molar-refractivity contribution is 7.47. The fraction of sp³-hybridized carbons (Fsp3) is 0.955. The summed E-state index contributed by atoms with van der Waals surface area (Å²) in [6.45, 7) is 9.72. The molecule has 0 aliphatic carbocycles. The number of hydrogen-bond acceptors (Lipinski definition) is 15. The van der Waals surface area contributed by atoms with E-state index in [4.69, 9.17) is 37.0 Å². The number of rotatable bonds is 87. The molecule has 107 heavy (non-hydrogen) atoms. The molecule has 3 N–H and O–H groups in total. The maximum atomic E-state index is 13.2. The van der Waals surface area contributed by atoms with Gasteiger partial charge in [-0.15, -0.1) is 0 Å². The lowest BCUT2D eigenvalue weighted by Crippen LogP contribution is -2.30. The molecule has 0 aromatic rings. The molecule has 0 bridgehead atoms. The van der Waals surface area contributed by atoms with Crippen molar-refractivity contribution in [2.24, 2.45) is 11.8 Å². The Morgan fingerprint density at radius 3 is 0.710 bits per heavy atom. The summed E-state index contributed by atoms with van der Waals surface area (Å²) < 4.78 is 68.9. The minimum absolute atomic E-state index is 0.106. The van der Waals surface area contributed by atoms with Crippen LogP contribution in [0, 0.1) is 11.8 Å². The standard InChI is InChI=1S/C88H172O17P2/c1-7-10-12-14-16-18-20-21-22-23-24-25-26-27-31-34-37-40-47-53-59-65-71-86(91)99-77-84(104-87(92)72-66-60-54-48-41-38-35-32-29-28-30-33-36-39-45-51-57-63-69-81(6)9-3)79-103-107(96,97)101-75-82(89)74-100-106(94,95)102-78-83(76-98-85(90)70-64-58-52-46-19-17-15-13-11-8-2)105-88(93)73-67-61-55-49-43-42-44-50-56-62-68-80(4)5/h80-84,89H,7-79H2,1-6H3,(H,94,95)(H,96,97)/t81?,82-,83+,84+/m0/s1. The maximum Gasteiger partial charge on any atom is 0.472 e. The number of aliphatic hydroxyl groups is 1. The van der Waals surface area contributed by atoms with E-state index in [0.29, 0.717) is 25.7 Å². The van der Waals surface area contributed by atoms with Gasteiger partial charge in [-0.1, -0.05) is 420 Å². The van der Waals surface area contributed by atoms with Gasteiger partial charge >= 0.3 is 39.5 Å². The topological polar surface area (TPSA) is 237 Å². The van der Waals surface area contributed by atoms with Crippen LogP contribution in [0.1, 0.15) is 472 Å². The number of carbonyl (C=O) groups excluding carboxylic acids is 4. The number of phosphoric acid groups is 2. The van der Waals surface area contributed by atoms with Crippen LogP contribution in [-0.4, -0.2) is 96.7 Å². The van der Waals surface area contributed by atoms with Crippen LogP contribution in [0.5, 0.6) is 0 Å². The van der Waals surface area contributed by atoms with Crippen molar-refractivity contribution in [2.45, 2.75) is 490 Å². The molecule has 0 saturated carbocycles. The Balaban J connectivity index is 5.19. The fourth-order valence-electron chi connectivity index (χ4n) is 13.7. The molecule has 0 saturated heterocycles. The SMILES string of the molecule is CCCCCCCCCCCCCCCCCCCCCCCCC(=O)OC[C@H](COP(=O)(O)OC[C@@H](O)COP(=O)(O)OC[C@@H](COC(=O)CCCCCCCCCCCC)OC(=O)CCCCCCCCCCCCC(C)C)OC(=O)CCCCCCCCCCCCCCCCCCCCC(C)CC. The lowest BCUT2D eigenvalue weighted by atomic mass is 9.99. The van der Waals surface area contributed by atoms with Crippen LogP contribution in [-0.2, 0) is 65.4 Å². The third kappa shape index (κ3) is 80.5. The Kier molecular flexibility index (Phi) is 77.9. The van der Waals surface area contributed by atoms with Gasteiger partial charge in [-0.2, -0.15) is 0 Å². The van der Waals surface area contributed by atoms with Crippen molar-refractivity contribution >= 4 is 39.5 Å². The molecule has 6 atom stereocenters. The van der Waals surface area contributed by atoms with Gasteiger partial charge in [0.1, 0.15) is 19.3 Å². The molecule has 0 aliphatic heterocycles. The van der Waals surface area contributed by atoms with E-state index in [0.717, 1.165) is 102 Å². The smallest absolute Gasteiger partial charge is 0.462 e. The lowest BCUT2D eigenvalue weighted by Gasteiger charge is -2.21. The third-order valence-electron chi connectivity index (χ3n) is 21.1. The quantitative estimate of drug-likeness (QED) is 0.0222. The summed E-state index contributed by atoms with van der Waals surface area (Å²) in [5, 5.41) is 10.7. The lowest BCUT2D eigenvalue weighted by molar-refractivity contribution is -0.161. The predicted molar refractivity (Wildman–Crippen MR) is 442 cm³/mol. The molecular weight excluding hydrogens is 1390 g/mol. The number of esters is 4. The number of aliphatic hydroxyl groups excluding tert-OH is 1. The average molecular weight is 1560 g/mol. The van der Waals surface area contributed by atoms with Crippen molar-refractivity contribution < 1.29 is 80.2 Å². The average Bonchev–Trinajstić information content (AvgIpc) is 0.927. The van der Waals surface area contributed by atoms with Crippen molar-refractivity contribution in [3.05, 3.63) is 0 Å². The largest absolute Gasteiger partial charge is 0.472 e. The van der Waals surface area contributed by atoms with Crippen molar-refractivity contribution in [2.75, 3.05) is 39.6 Å². The maximum absolute atomic E-state index is 13.2. The number of ether oxygens (including phenoxy) is 4. The van der Waals surface area contributed by atoms with E-state index in [1.54, 1.807) is 0 Å².